The van der Waals surface area contributed by atoms with Crippen LogP contribution in [0.4, 0.5) is 5.69 Å². The van der Waals surface area contributed by atoms with Crippen molar-refractivity contribution in [1.82, 2.24) is 0 Å². The van der Waals surface area contributed by atoms with Crippen molar-refractivity contribution in [3.63, 3.8) is 0 Å². The molecule has 9 heteroatoms. The molecule has 0 amide bonds. The average molecular weight is 526 g/mol. The molecular weight excluding hydrogens is 498 g/mol. The zero-order valence-electron chi connectivity index (χ0n) is 21.1. The van der Waals surface area contributed by atoms with Crippen LogP contribution >= 0.6 is 11.6 Å². The number of rotatable bonds is 11. The van der Waals surface area contributed by atoms with Gasteiger partial charge in [0.05, 0.1) is 46.3 Å². The van der Waals surface area contributed by atoms with Gasteiger partial charge in [0.2, 0.25) is 5.75 Å². The lowest BCUT2D eigenvalue weighted by Gasteiger charge is -2.13. The summed E-state index contributed by atoms with van der Waals surface area (Å²) >= 11 is 6.11. The van der Waals surface area contributed by atoms with Gasteiger partial charge in [-0.05, 0) is 53.6 Å². The number of phenols is 1. The predicted molar refractivity (Wildman–Crippen MR) is 145 cm³/mol. The van der Waals surface area contributed by atoms with Crippen molar-refractivity contribution in [2.24, 2.45) is 0 Å². The van der Waals surface area contributed by atoms with Crippen LogP contribution < -0.4 is 29.0 Å². The number of nitrogens with one attached hydrogen (secondary N) is 1. The van der Waals surface area contributed by atoms with Gasteiger partial charge >= 0.3 is 0 Å². The van der Waals surface area contributed by atoms with E-state index in [0.717, 1.165) is 5.56 Å². The van der Waals surface area contributed by atoms with E-state index >= 15 is 0 Å². The monoisotopic (exact) mass is 525 g/mol. The molecular formula is C28H28ClNO7. The number of phenolic OH excluding ortho intramolecular Hbond substituents is 1. The molecule has 8 nitrogen and oxygen atoms in total. The first-order valence-electron chi connectivity index (χ1n) is 11.0. The van der Waals surface area contributed by atoms with E-state index in [-0.39, 0.29) is 17.3 Å². The number of carbonyl (C=O) groups excluding carboxylic acids is 1. The van der Waals surface area contributed by atoms with Crippen LogP contribution in [-0.4, -0.2) is 46.4 Å². The molecule has 0 saturated heterocycles. The lowest BCUT2D eigenvalue weighted by atomic mass is 10.1. The van der Waals surface area contributed by atoms with Gasteiger partial charge in [-0.25, -0.2) is 0 Å². The molecule has 0 fully saturated rings. The van der Waals surface area contributed by atoms with Crippen molar-refractivity contribution in [3.8, 4) is 34.5 Å². The molecule has 0 radical (unpaired) electrons. The molecule has 0 aliphatic heterocycles. The van der Waals surface area contributed by atoms with Gasteiger partial charge in [-0.1, -0.05) is 23.8 Å². The van der Waals surface area contributed by atoms with E-state index in [4.69, 9.17) is 35.3 Å². The second-order valence-electron chi connectivity index (χ2n) is 7.60. The number of methoxy groups -OCH3 is 5. The minimum Gasteiger partial charge on any atom is -0.504 e. The highest BCUT2D eigenvalue weighted by Crippen LogP contribution is 2.39. The molecule has 3 aromatic carbocycles. The number of ether oxygens (including phenoxy) is 5. The van der Waals surface area contributed by atoms with Crippen LogP contribution in [0.5, 0.6) is 34.5 Å². The van der Waals surface area contributed by atoms with Gasteiger partial charge < -0.3 is 34.1 Å². The van der Waals surface area contributed by atoms with Crippen LogP contribution in [-0.2, 0) is 0 Å². The third kappa shape index (κ3) is 6.48. The largest absolute Gasteiger partial charge is 0.504 e. The summed E-state index contributed by atoms with van der Waals surface area (Å²) in [6.45, 7) is 0. The first-order valence-corrected chi connectivity index (χ1v) is 11.4. The Kier molecular flexibility index (Phi) is 9.29. The molecule has 0 spiro atoms. The number of hydrogen-bond donors (Lipinski definition) is 2. The molecule has 0 aliphatic carbocycles. The fourth-order valence-electron chi connectivity index (χ4n) is 3.57. The smallest absolute Gasteiger partial charge is 0.203 e. The molecule has 0 heterocycles. The number of anilines is 1. The Morgan fingerprint density at radius 1 is 0.784 bits per heavy atom. The van der Waals surface area contributed by atoms with Crippen molar-refractivity contribution in [2.75, 3.05) is 40.9 Å². The summed E-state index contributed by atoms with van der Waals surface area (Å²) < 4.78 is 26.6. The number of aromatic hydroxyl groups is 1. The highest BCUT2D eigenvalue weighted by atomic mass is 35.5. The van der Waals surface area contributed by atoms with Gasteiger partial charge in [0.15, 0.2) is 28.8 Å². The van der Waals surface area contributed by atoms with Gasteiger partial charge in [-0.15, -0.1) is 0 Å². The van der Waals surface area contributed by atoms with Crippen LogP contribution in [0, 0.1) is 0 Å². The topological polar surface area (TPSA) is 95.5 Å². The van der Waals surface area contributed by atoms with Gasteiger partial charge in [-0.3, -0.25) is 4.79 Å². The van der Waals surface area contributed by atoms with E-state index < -0.39 is 0 Å². The molecule has 0 saturated carbocycles. The summed E-state index contributed by atoms with van der Waals surface area (Å²) in [4.78, 5) is 12.5. The van der Waals surface area contributed by atoms with Gasteiger partial charge in [0.25, 0.3) is 0 Å². The minimum atomic E-state index is -0.265. The Morgan fingerprint density at radius 2 is 1.38 bits per heavy atom. The number of halogens is 1. The Morgan fingerprint density at radius 3 is 1.92 bits per heavy atom. The lowest BCUT2D eigenvalue weighted by Crippen LogP contribution is -1.98. The van der Waals surface area contributed by atoms with E-state index in [1.54, 1.807) is 63.8 Å². The molecule has 0 unspecified atom stereocenters. The zero-order chi connectivity index (χ0) is 26.9. The molecule has 3 rings (SSSR count). The van der Waals surface area contributed by atoms with Gasteiger partial charge in [0, 0.05) is 17.8 Å². The first kappa shape index (κ1) is 27.3. The van der Waals surface area contributed by atoms with E-state index in [1.807, 2.05) is 6.08 Å². The maximum Gasteiger partial charge on any atom is 0.203 e. The second kappa shape index (κ2) is 12.6. The predicted octanol–water partition coefficient (Wildman–Crippen LogP) is 6.07. The number of ketones is 1. The van der Waals surface area contributed by atoms with Crippen molar-refractivity contribution in [2.45, 2.75) is 0 Å². The van der Waals surface area contributed by atoms with Crippen LogP contribution in [0.25, 0.3) is 12.2 Å². The lowest BCUT2D eigenvalue weighted by molar-refractivity contribution is 0.104. The fourth-order valence-corrected chi connectivity index (χ4v) is 3.82. The zero-order valence-corrected chi connectivity index (χ0v) is 21.9. The second-order valence-corrected chi connectivity index (χ2v) is 8.01. The molecule has 0 atom stereocenters. The normalized spacial score (nSPS) is 11.0. The van der Waals surface area contributed by atoms with Crippen LogP contribution in [0.15, 0.2) is 54.7 Å². The Hall–Kier alpha value is -4.30. The van der Waals surface area contributed by atoms with E-state index in [0.29, 0.717) is 44.8 Å². The summed E-state index contributed by atoms with van der Waals surface area (Å²) in [5, 5.41) is 13.8. The van der Waals surface area contributed by atoms with Crippen molar-refractivity contribution < 1.29 is 33.6 Å². The van der Waals surface area contributed by atoms with Crippen LogP contribution in [0.1, 0.15) is 21.5 Å². The van der Waals surface area contributed by atoms with Gasteiger partial charge in [0.1, 0.15) is 5.75 Å². The Balaban J connectivity index is 1.84. The maximum absolute atomic E-state index is 12.5. The molecule has 2 N–H and O–H groups in total. The Labute approximate surface area is 220 Å². The molecule has 194 valence electrons. The average Bonchev–Trinajstić information content (AvgIpc) is 2.90. The molecule has 37 heavy (non-hydrogen) atoms. The molecule has 3 aromatic rings. The fraction of sp³-hybridized carbons (Fsp3) is 0.179. The van der Waals surface area contributed by atoms with Crippen LogP contribution in [0.2, 0.25) is 5.02 Å². The third-order valence-electron chi connectivity index (χ3n) is 5.36. The Bertz CT molecular complexity index is 1310. The summed E-state index contributed by atoms with van der Waals surface area (Å²) in [5.74, 6) is 1.92. The maximum atomic E-state index is 12.5. The van der Waals surface area contributed by atoms with Crippen molar-refractivity contribution in [1.29, 1.82) is 0 Å². The minimum absolute atomic E-state index is 0.0706. The molecule has 0 aromatic heterocycles. The summed E-state index contributed by atoms with van der Waals surface area (Å²) in [6.07, 6.45) is 6.46. The highest BCUT2D eigenvalue weighted by molar-refractivity contribution is 6.32. The number of carbonyl (C=O) groups is 1. The summed E-state index contributed by atoms with van der Waals surface area (Å²) in [6, 6.07) is 11.7. The van der Waals surface area contributed by atoms with Crippen LogP contribution in [0.3, 0.4) is 0 Å². The van der Waals surface area contributed by atoms with Crippen molar-refractivity contribution >= 4 is 35.2 Å². The quantitative estimate of drug-likeness (QED) is 0.177. The number of benzene rings is 3. The highest BCUT2D eigenvalue weighted by Gasteiger charge is 2.13. The third-order valence-corrected chi connectivity index (χ3v) is 5.66. The van der Waals surface area contributed by atoms with E-state index in [9.17, 15) is 9.90 Å². The van der Waals surface area contributed by atoms with E-state index in [2.05, 4.69) is 5.32 Å². The summed E-state index contributed by atoms with van der Waals surface area (Å²) in [7, 11) is 7.58. The first-order chi connectivity index (χ1) is 17.8. The summed E-state index contributed by atoms with van der Waals surface area (Å²) in [5.41, 5.74) is 2.34. The van der Waals surface area contributed by atoms with Crippen molar-refractivity contribution in [3.05, 3.63) is 76.5 Å². The molecule has 0 bridgehead atoms. The number of allylic oxidation sites excluding steroid dienone is 1. The standard InChI is InChI=1S/C28H28ClNO7/c1-33-24-9-8-19(16-20(24)29)22(31)10-11-30-21-12-17(13-23(32)27(21)36-4)6-7-18-14-25(34-2)28(37-5)26(15-18)35-3/h6-16,30,32H,1-5H3. The number of hydrogen-bond acceptors (Lipinski definition) is 8. The van der Waals surface area contributed by atoms with E-state index in [1.165, 1.54) is 32.6 Å². The SMILES string of the molecule is COc1ccc(C(=O)C=CNc2cc(C=Cc3cc(OC)c(OC)c(OC)c3)cc(O)c2OC)cc1Cl. The van der Waals surface area contributed by atoms with Gasteiger partial charge in [-0.2, -0.15) is 0 Å². The molecule has 0 aliphatic rings.